The average molecular weight is 304 g/mol. The molecule has 21 heavy (non-hydrogen) atoms. The molecule has 4 heteroatoms. The van der Waals surface area contributed by atoms with Gasteiger partial charge in [0.05, 0.1) is 0 Å². The molecule has 0 radical (unpaired) electrons. The standard InChI is InChI=1S/C17H17NO2.ClH/c18-16(17(19)20)15-13-7-3-1-5-11(13)9-10-12-6-2-4-8-14(12)15;/h1-8,15-16H,9-10,18H2,(H,19,20);1H/t16-;/m1./s1. The van der Waals surface area contributed by atoms with Gasteiger partial charge >= 0.3 is 5.97 Å². The van der Waals surface area contributed by atoms with E-state index in [1.807, 2.05) is 36.4 Å². The van der Waals surface area contributed by atoms with Crippen LogP contribution < -0.4 is 5.73 Å². The Morgan fingerprint density at radius 2 is 1.43 bits per heavy atom. The van der Waals surface area contributed by atoms with Gasteiger partial charge in [-0.1, -0.05) is 48.5 Å². The van der Waals surface area contributed by atoms with Gasteiger partial charge in [-0.05, 0) is 35.1 Å². The first-order valence-corrected chi connectivity index (χ1v) is 6.82. The molecule has 0 amide bonds. The molecule has 3 nitrogen and oxygen atoms in total. The van der Waals surface area contributed by atoms with Crippen molar-refractivity contribution in [2.75, 3.05) is 0 Å². The van der Waals surface area contributed by atoms with Gasteiger partial charge in [0.25, 0.3) is 0 Å². The van der Waals surface area contributed by atoms with Crippen LogP contribution in [0.25, 0.3) is 0 Å². The van der Waals surface area contributed by atoms with Gasteiger partial charge in [0.15, 0.2) is 0 Å². The van der Waals surface area contributed by atoms with E-state index in [1.54, 1.807) is 0 Å². The zero-order valence-corrected chi connectivity index (χ0v) is 12.3. The molecular formula is C17H18ClNO2. The number of hydrogen-bond acceptors (Lipinski definition) is 2. The fourth-order valence-electron chi connectivity index (χ4n) is 3.10. The molecule has 1 aliphatic rings. The van der Waals surface area contributed by atoms with E-state index in [4.69, 9.17) is 5.73 Å². The predicted molar refractivity (Wildman–Crippen MR) is 85.0 cm³/mol. The van der Waals surface area contributed by atoms with E-state index in [-0.39, 0.29) is 18.3 Å². The molecule has 0 aliphatic heterocycles. The Balaban J connectivity index is 0.00000161. The van der Waals surface area contributed by atoms with Gasteiger partial charge in [0.1, 0.15) is 6.04 Å². The largest absolute Gasteiger partial charge is 0.480 e. The van der Waals surface area contributed by atoms with Crippen LogP contribution in [-0.4, -0.2) is 17.1 Å². The Kier molecular flexibility index (Phi) is 4.66. The maximum Gasteiger partial charge on any atom is 0.321 e. The Morgan fingerprint density at radius 1 is 1.00 bits per heavy atom. The smallest absolute Gasteiger partial charge is 0.321 e. The molecule has 3 rings (SSSR count). The molecule has 0 unspecified atom stereocenters. The van der Waals surface area contributed by atoms with Crippen molar-refractivity contribution < 1.29 is 9.90 Å². The topological polar surface area (TPSA) is 63.3 Å². The van der Waals surface area contributed by atoms with Crippen LogP contribution >= 0.6 is 12.4 Å². The van der Waals surface area contributed by atoms with Crippen LogP contribution in [0.2, 0.25) is 0 Å². The number of aliphatic carboxylic acids is 1. The summed E-state index contributed by atoms with van der Waals surface area (Å²) in [6.45, 7) is 0. The molecular weight excluding hydrogens is 286 g/mol. The highest BCUT2D eigenvalue weighted by molar-refractivity contribution is 5.85. The van der Waals surface area contributed by atoms with Gasteiger partial charge in [-0.2, -0.15) is 0 Å². The summed E-state index contributed by atoms with van der Waals surface area (Å²) in [6, 6.07) is 15.1. The Hall–Kier alpha value is -1.84. The van der Waals surface area contributed by atoms with Gasteiger partial charge in [0.2, 0.25) is 0 Å². The summed E-state index contributed by atoms with van der Waals surface area (Å²) < 4.78 is 0. The number of benzene rings is 2. The highest BCUT2D eigenvalue weighted by atomic mass is 35.5. The number of carboxylic acid groups (broad SMARTS) is 1. The van der Waals surface area contributed by atoms with E-state index in [9.17, 15) is 9.90 Å². The molecule has 1 aliphatic carbocycles. The predicted octanol–water partition coefficient (Wildman–Crippen LogP) is 2.75. The lowest BCUT2D eigenvalue weighted by Crippen LogP contribution is -2.37. The van der Waals surface area contributed by atoms with Gasteiger partial charge in [-0.15, -0.1) is 12.4 Å². The molecule has 0 saturated heterocycles. The number of carbonyl (C=O) groups is 1. The molecule has 0 fully saturated rings. The second kappa shape index (κ2) is 6.29. The van der Waals surface area contributed by atoms with E-state index in [0.717, 1.165) is 24.0 Å². The molecule has 0 spiro atoms. The molecule has 110 valence electrons. The quantitative estimate of drug-likeness (QED) is 0.896. The summed E-state index contributed by atoms with van der Waals surface area (Å²) in [4.78, 5) is 11.4. The van der Waals surface area contributed by atoms with Gasteiger partial charge in [-0.25, -0.2) is 0 Å². The van der Waals surface area contributed by atoms with Crippen LogP contribution in [0, 0.1) is 0 Å². The van der Waals surface area contributed by atoms with Crippen molar-refractivity contribution in [3.8, 4) is 0 Å². The lowest BCUT2D eigenvalue weighted by Gasteiger charge is -2.23. The second-order valence-corrected chi connectivity index (χ2v) is 5.24. The summed E-state index contributed by atoms with van der Waals surface area (Å²) in [5.41, 5.74) is 10.5. The highest BCUT2D eigenvalue weighted by Gasteiger charge is 2.31. The minimum Gasteiger partial charge on any atom is -0.480 e. The van der Waals surface area contributed by atoms with Crippen molar-refractivity contribution in [2.45, 2.75) is 24.8 Å². The molecule has 0 saturated carbocycles. The Morgan fingerprint density at radius 3 is 1.86 bits per heavy atom. The van der Waals surface area contributed by atoms with Crippen molar-refractivity contribution in [3.05, 3.63) is 70.8 Å². The second-order valence-electron chi connectivity index (χ2n) is 5.24. The number of rotatable bonds is 2. The highest BCUT2D eigenvalue weighted by Crippen LogP contribution is 2.35. The first-order chi connectivity index (χ1) is 9.68. The van der Waals surface area contributed by atoms with Crippen LogP contribution in [0.4, 0.5) is 0 Å². The van der Waals surface area contributed by atoms with Gasteiger partial charge in [0, 0.05) is 5.92 Å². The van der Waals surface area contributed by atoms with Crippen LogP contribution in [0.1, 0.15) is 28.2 Å². The van der Waals surface area contributed by atoms with E-state index in [2.05, 4.69) is 12.1 Å². The minimum absolute atomic E-state index is 0. The lowest BCUT2D eigenvalue weighted by molar-refractivity contribution is -0.138. The average Bonchev–Trinajstić information content (AvgIpc) is 2.63. The summed E-state index contributed by atoms with van der Waals surface area (Å²) in [6.07, 6.45) is 1.85. The van der Waals surface area contributed by atoms with Gasteiger partial charge < -0.3 is 10.8 Å². The number of carboxylic acids is 1. The SMILES string of the molecule is Cl.N[C@@H](C(=O)O)C1c2ccccc2CCc2ccccc21. The van der Waals surface area contributed by atoms with Crippen LogP contribution in [-0.2, 0) is 17.6 Å². The summed E-state index contributed by atoms with van der Waals surface area (Å²) in [7, 11) is 0. The zero-order valence-electron chi connectivity index (χ0n) is 11.5. The van der Waals surface area contributed by atoms with Gasteiger partial charge in [-0.3, -0.25) is 4.79 Å². The van der Waals surface area contributed by atoms with Crippen LogP contribution in [0.3, 0.4) is 0 Å². The van der Waals surface area contributed by atoms with Crippen molar-refractivity contribution in [1.29, 1.82) is 0 Å². The third-order valence-electron chi connectivity index (χ3n) is 4.09. The fraction of sp³-hybridized carbons (Fsp3) is 0.235. The Bertz CT molecular complexity index is 609. The minimum atomic E-state index is -0.957. The molecule has 0 heterocycles. The molecule has 1 atom stereocenters. The maximum atomic E-state index is 11.4. The zero-order chi connectivity index (χ0) is 14.1. The van der Waals surface area contributed by atoms with Crippen molar-refractivity contribution in [3.63, 3.8) is 0 Å². The Labute approximate surface area is 130 Å². The third-order valence-corrected chi connectivity index (χ3v) is 4.09. The van der Waals surface area contributed by atoms with E-state index in [0.29, 0.717) is 0 Å². The molecule has 2 aromatic rings. The summed E-state index contributed by atoms with van der Waals surface area (Å²) >= 11 is 0. The van der Waals surface area contributed by atoms with Crippen molar-refractivity contribution >= 4 is 18.4 Å². The van der Waals surface area contributed by atoms with Crippen LogP contribution in [0.15, 0.2) is 48.5 Å². The first kappa shape index (κ1) is 15.5. The molecule has 0 aromatic heterocycles. The number of fused-ring (bicyclic) bond motifs is 2. The van der Waals surface area contributed by atoms with E-state index in [1.165, 1.54) is 11.1 Å². The summed E-state index contributed by atoms with van der Waals surface area (Å²) in [5, 5.41) is 9.35. The maximum absolute atomic E-state index is 11.4. The number of nitrogens with two attached hydrogens (primary N) is 1. The molecule has 2 aromatic carbocycles. The summed E-state index contributed by atoms with van der Waals surface area (Å²) in [5.74, 6) is -1.23. The van der Waals surface area contributed by atoms with Crippen molar-refractivity contribution in [1.82, 2.24) is 0 Å². The fourth-order valence-corrected chi connectivity index (χ4v) is 3.10. The third kappa shape index (κ3) is 2.80. The number of aryl methyl sites for hydroxylation is 2. The lowest BCUT2D eigenvalue weighted by atomic mass is 9.83. The van der Waals surface area contributed by atoms with Crippen molar-refractivity contribution in [2.24, 2.45) is 5.73 Å². The molecule has 0 bridgehead atoms. The van der Waals surface area contributed by atoms with E-state index < -0.39 is 12.0 Å². The number of halogens is 1. The van der Waals surface area contributed by atoms with E-state index >= 15 is 0 Å². The van der Waals surface area contributed by atoms with Crippen LogP contribution in [0.5, 0.6) is 0 Å². The first-order valence-electron chi connectivity index (χ1n) is 6.82. The monoisotopic (exact) mass is 303 g/mol. The normalized spacial score (nSPS) is 15.1. The molecule has 3 N–H and O–H groups in total. The number of hydrogen-bond donors (Lipinski definition) is 2.